The van der Waals surface area contributed by atoms with Crippen molar-refractivity contribution in [2.45, 2.75) is 20.8 Å². The standard InChI is InChI=1S/C11H20N2O3/c1-11(2,3)8(10(15)16)9(14)13-6-4-12-5-7-13/h8,12H,4-7H2,1-3H3,(H,15,16). The van der Waals surface area contributed by atoms with E-state index in [4.69, 9.17) is 5.11 Å². The molecule has 0 aromatic rings. The van der Waals surface area contributed by atoms with Crippen LogP contribution in [0.15, 0.2) is 0 Å². The quantitative estimate of drug-likeness (QED) is 0.661. The van der Waals surface area contributed by atoms with Crippen molar-refractivity contribution in [3.63, 3.8) is 0 Å². The van der Waals surface area contributed by atoms with Crippen molar-refractivity contribution in [2.75, 3.05) is 26.2 Å². The Morgan fingerprint density at radius 2 is 1.75 bits per heavy atom. The number of piperazine rings is 1. The molecule has 92 valence electrons. The number of hydrogen-bond donors (Lipinski definition) is 2. The molecule has 0 spiro atoms. The number of carboxylic acid groups (broad SMARTS) is 1. The van der Waals surface area contributed by atoms with Gasteiger partial charge >= 0.3 is 5.97 Å². The average Bonchev–Trinajstić information content (AvgIpc) is 2.16. The summed E-state index contributed by atoms with van der Waals surface area (Å²) in [6.07, 6.45) is 0. The molecule has 1 saturated heterocycles. The number of aliphatic carboxylic acids is 1. The molecule has 1 rings (SSSR count). The van der Waals surface area contributed by atoms with Crippen molar-refractivity contribution in [3.05, 3.63) is 0 Å². The second kappa shape index (κ2) is 4.82. The highest BCUT2D eigenvalue weighted by atomic mass is 16.4. The molecular formula is C11H20N2O3. The number of carbonyl (C=O) groups is 2. The van der Waals surface area contributed by atoms with E-state index in [0.717, 1.165) is 13.1 Å². The van der Waals surface area contributed by atoms with Crippen molar-refractivity contribution in [1.82, 2.24) is 10.2 Å². The fourth-order valence-corrected chi connectivity index (χ4v) is 1.91. The van der Waals surface area contributed by atoms with Gasteiger partial charge in [-0.25, -0.2) is 0 Å². The molecule has 0 saturated carbocycles. The Kier molecular flexibility index (Phi) is 3.91. The minimum absolute atomic E-state index is 0.262. The summed E-state index contributed by atoms with van der Waals surface area (Å²) >= 11 is 0. The van der Waals surface area contributed by atoms with E-state index in [0.29, 0.717) is 13.1 Å². The van der Waals surface area contributed by atoms with Crippen LogP contribution in [0.1, 0.15) is 20.8 Å². The van der Waals surface area contributed by atoms with Crippen LogP contribution >= 0.6 is 0 Å². The molecule has 1 fully saturated rings. The van der Waals surface area contributed by atoms with Crippen molar-refractivity contribution in [3.8, 4) is 0 Å². The van der Waals surface area contributed by atoms with E-state index in [1.54, 1.807) is 25.7 Å². The minimum Gasteiger partial charge on any atom is -0.481 e. The number of nitrogens with one attached hydrogen (secondary N) is 1. The molecule has 1 unspecified atom stereocenters. The Labute approximate surface area is 95.8 Å². The zero-order chi connectivity index (χ0) is 12.3. The number of rotatable bonds is 2. The highest BCUT2D eigenvalue weighted by Gasteiger charge is 2.40. The SMILES string of the molecule is CC(C)(C)C(C(=O)O)C(=O)N1CCNCC1. The molecule has 1 amide bonds. The van der Waals surface area contributed by atoms with Gasteiger partial charge in [-0.05, 0) is 5.41 Å². The Morgan fingerprint density at radius 3 is 2.12 bits per heavy atom. The van der Waals surface area contributed by atoms with Gasteiger partial charge in [-0.1, -0.05) is 20.8 Å². The predicted molar refractivity (Wildman–Crippen MR) is 60.0 cm³/mol. The van der Waals surface area contributed by atoms with Crippen molar-refractivity contribution >= 4 is 11.9 Å². The number of carboxylic acids is 1. The van der Waals surface area contributed by atoms with Crippen molar-refractivity contribution < 1.29 is 14.7 Å². The molecular weight excluding hydrogens is 208 g/mol. The van der Waals surface area contributed by atoms with E-state index in [9.17, 15) is 9.59 Å². The molecule has 0 bridgehead atoms. The smallest absolute Gasteiger partial charge is 0.316 e. The maximum absolute atomic E-state index is 12.1. The topological polar surface area (TPSA) is 69.6 Å². The fourth-order valence-electron chi connectivity index (χ4n) is 1.91. The van der Waals surface area contributed by atoms with E-state index in [1.807, 2.05) is 0 Å². The number of carbonyl (C=O) groups excluding carboxylic acids is 1. The van der Waals surface area contributed by atoms with Crippen LogP contribution in [0.2, 0.25) is 0 Å². The minimum atomic E-state index is -1.03. The summed E-state index contributed by atoms with van der Waals surface area (Å²) in [5.74, 6) is -2.25. The lowest BCUT2D eigenvalue weighted by Crippen LogP contribution is -2.52. The first-order valence-electron chi connectivity index (χ1n) is 5.56. The maximum Gasteiger partial charge on any atom is 0.316 e. The summed E-state index contributed by atoms with van der Waals surface area (Å²) in [5, 5.41) is 12.3. The van der Waals surface area contributed by atoms with Crippen LogP contribution in [-0.2, 0) is 9.59 Å². The normalized spacial score (nSPS) is 19.3. The summed E-state index contributed by atoms with van der Waals surface area (Å²) in [7, 11) is 0. The Morgan fingerprint density at radius 1 is 1.25 bits per heavy atom. The first kappa shape index (κ1) is 13.0. The van der Waals surface area contributed by atoms with Gasteiger partial charge in [-0.2, -0.15) is 0 Å². The van der Waals surface area contributed by atoms with E-state index in [1.165, 1.54) is 0 Å². The van der Waals surface area contributed by atoms with Gasteiger partial charge in [0.15, 0.2) is 0 Å². The predicted octanol–water partition coefficient (Wildman–Crippen LogP) is 0.165. The van der Waals surface area contributed by atoms with E-state index in [2.05, 4.69) is 5.32 Å². The molecule has 5 nitrogen and oxygen atoms in total. The summed E-state index contributed by atoms with van der Waals surface area (Å²) in [5.41, 5.74) is -0.548. The van der Waals surface area contributed by atoms with Gasteiger partial charge < -0.3 is 15.3 Å². The van der Waals surface area contributed by atoms with Crippen LogP contribution in [0.5, 0.6) is 0 Å². The molecule has 1 aliphatic rings. The van der Waals surface area contributed by atoms with Gasteiger partial charge in [0.2, 0.25) is 5.91 Å². The summed E-state index contributed by atoms with van der Waals surface area (Å²) in [6.45, 7) is 8.02. The lowest BCUT2D eigenvalue weighted by Gasteiger charge is -2.34. The van der Waals surface area contributed by atoms with Crippen molar-refractivity contribution in [1.29, 1.82) is 0 Å². The second-order valence-corrected chi connectivity index (χ2v) is 5.21. The van der Waals surface area contributed by atoms with Crippen LogP contribution in [0.3, 0.4) is 0 Å². The molecule has 16 heavy (non-hydrogen) atoms. The summed E-state index contributed by atoms with van der Waals surface area (Å²) in [4.78, 5) is 24.9. The third kappa shape index (κ3) is 2.95. The fraction of sp³-hybridized carbons (Fsp3) is 0.818. The van der Waals surface area contributed by atoms with Gasteiger partial charge in [0.25, 0.3) is 0 Å². The van der Waals surface area contributed by atoms with E-state index < -0.39 is 17.3 Å². The third-order valence-electron chi connectivity index (χ3n) is 2.79. The lowest BCUT2D eigenvalue weighted by molar-refractivity contribution is -0.156. The zero-order valence-electron chi connectivity index (χ0n) is 10.1. The molecule has 1 heterocycles. The monoisotopic (exact) mass is 228 g/mol. The lowest BCUT2D eigenvalue weighted by atomic mass is 9.79. The molecule has 0 aromatic heterocycles. The van der Waals surface area contributed by atoms with Gasteiger partial charge in [0, 0.05) is 26.2 Å². The Hall–Kier alpha value is -1.10. The molecule has 0 aromatic carbocycles. The molecule has 1 aliphatic heterocycles. The zero-order valence-corrected chi connectivity index (χ0v) is 10.1. The van der Waals surface area contributed by atoms with Crippen molar-refractivity contribution in [2.24, 2.45) is 11.3 Å². The van der Waals surface area contributed by atoms with Crippen LogP contribution in [0.4, 0.5) is 0 Å². The van der Waals surface area contributed by atoms with Gasteiger partial charge in [0.1, 0.15) is 5.92 Å². The molecule has 5 heteroatoms. The van der Waals surface area contributed by atoms with Gasteiger partial charge in [-0.3, -0.25) is 9.59 Å². The summed E-state index contributed by atoms with van der Waals surface area (Å²) in [6, 6.07) is 0. The highest BCUT2D eigenvalue weighted by molar-refractivity contribution is 5.97. The first-order valence-corrected chi connectivity index (χ1v) is 5.56. The number of hydrogen-bond acceptors (Lipinski definition) is 3. The third-order valence-corrected chi connectivity index (χ3v) is 2.79. The summed E-state index contributed by atoms with van der Waals surface area (Å²) < 4.78 is 0. The Bertz CT molecular complexity index is 277. The number of amides is 1. The molecule has 0 aliphatic carbocycles. The highest BCUT2D eigenvalue weighted by Crippen LogP contribution is 2.28. The first-order chi connectivity index (χ1) is 7.34. The Balaban J connectivity index is 2.78. The van der Waals surface area contributed by atoms with Gasteiger partial charge in [-0.15, -0.1) is 0 Å². The molecule has 2 N–H and O–H groups in total. The van der Waals surface area contributed by atoms with Crippen LogP contribution in [0, 0.1) is 11.3 Å². The number of nitrogens with zero attached hydrogens (tertiary/aromatic N) is 1. The van der Waals surface area contributed by atoms with Crippen LogP contribution in [0.25, 0.3) is 0 Å². The maximum atomic E-state index is 12.1. The van der Waals surface area contributed by atoms with E-state index >= 15 is 0 Å². The molecule has 1 atom stereocenters. The average molecular weight is 228 g/mol. The second-order valence-electron chi connectivity index (χ2n) is 5.21. The largest absolute Gasteiger partial charge is 0.481 e. The van der Waals surface area contributed by atoms with E-state index in [-0.39, 0.29) is 5.91 Å². The van der Waals surface area contributed by atoms with Gasteiger partial charge in [0.05, 0.1) is 0 Å². The van der Waals surface area contributed by atoms with Crippen LogP contribution in [-0.4, -0.2) is 48.1 Å². The molecule has 0 radical (unpaired) electrons. The van der Waals surface area contributed by atoms with Crippen LogP contribution < -0.4 is 5.32 Å².